The number of aryl methyl sites for hydroxylation is 1. The first-order chi connectivity index (χ1) is 18.6. The van der Waals surface area contributed by atoms with Crippen LogP contribution in [0.3, 0.4) is 0 Å². The minimum atomic E-state index is 0.539. The van der Waals surface area contributed by atoms with Gasteiger partial charge in [-0.2, -0.15) is 0 Å². The van der Waals surface area contributed by atoms with E-state index in [1.807, 2.05) is 73.8 Å². The van der Waals surface area contributed by atoms with E-state index in [0.29, 0.717) is 17.5 Å². The topological polar surface area (TPSA) is 59.6 Å². The van der Waals surface area contributed by atoms with Gasteiger partial charge in [-0.1, -0.05) is 30.3 Å². The van der Waals surface area contributed by atoms with Gasteiger partial charge in [0.05, 0.1) is 23.2 Å². The fourth-order valence-electron chi connectivity index (χ4n) is 4.97. The highest BCUT2D eigenvalue weighted by Crippen LogP contribution is 2.35. The van der Waals surface area contributed by atoms with E-state index in [9.17, 15) is 0 Å². The first-order valence-corrected chi connectivity index (χ1v) is 12.5. The minimum Gasteiger partial charge on any atom is -0.457 e. The van der Waals surface area contributed by atoms with E-state index in [1.165, 1.54) is 0 Å². The molecule has 0 N–H and O–H groups in total. The highest BCUT2D eigenvalue weighted by Gasteiger charge is 2.20. The smallest absolute Gasteiger partial charge is 0.229 e. The van der Waals surface area contributed by atoms with E-state index in [4.69, 9.17) is 14.1 Å². The van der Waals surface area contributed by atoms with Gasteiger partial charge in [0, 0.05) is 48.3 Å². The van der Waals surface area contributed by atoms with Crippen molar-refractivity contribution in [3.05, 3.63) is 109 Å². The second kappa shape index (κ2) is 8.81. The number of nitrogens with zero attached hydrogens (tertiary/aromatic N) is 5. The molecule has 7 heteroatoms. The predicted molar refractivity (Wildman–Crippen MR) is 150 cm³/mol. The largest absolute Gasteiger partial charge is 0.457 e. The number of rotatable bonds is 5. The number of oxazole rings is 1. The fourth-order valence-corrected chi connectivity index (χ4v) is 4.97. The maximum Gasteiger partial charge on any atom is 0.229 e. The number of pyridine rings is 1. The molecule has 3 aromatic carbocycles. The Kier molecular flexibility index (Phi) is 5.14. The summed E-state index contributed by atoms with van der Waals surface area (Å²) in [4.78, 5) is 13.7. The molecule has 4 heterocycles. The maximum absolute atomic E-state index is 6.41. The highest BCUT2D eigenvalue weighted by atomic mass is 16.5. The molecule has 0 atom stereocenters. The number of ether oxygens (including phenoxy) is 1. The van der Waals surface area contributed by atoms with Crippen molar-refractivity contribution in [1.29, 1.82) is 0 Å². The maximum atomic E-state index is 6.41. The van der Waals surface area contributed by atoms with Crippen LogP contribution < -0.4 is 9.64 Å². The lowest BCUT2D eigenvalue weighted by atomic mass is 10.2. The van der Waals surface area contributed by atoms with Crippen LogP contribution in [0.1, 0.15) is 5.69 Å². The van der Waals surface area contributed by atoms with Gasteiger partial charge in [-0.25, -0.2) is 4.98 Å². The molecule has 0 fully saturated rings. The molecule has 6 aromatic rings. The van der Waals surface area contributed by atoms with Crippen LogP contribution in [-0.2, 0) is 0 Å². The first kappa shape index (κ1) is 22.2. The molecule has 0 saturated carbocycles. The van der Waals surface area contributed by atoms with Gasteiger partial charge >= 0.3 is 0 Å². The van der Waals surface area contributed by atoms with E-state index in [2.05, 4.69) is 63.1 Å². The van der Waals surface area contributed by atoms with Crippen LogP contribution in [0.5, 0.6) is 11.5 Å². The van der Waals surface area contributed by atoms with E-state index >= 15 is 0 Å². The second-order valence-corrected chi connectivity index (χ2v) is 9.43. The molecule has 1 aliphatic rings. The molecule has 0 bridgehead atoms. The Morgan fingerprint density at radius 2 is 1.66 bits per heavy atom. The van der Waals surface area contributed by atoms with Crippen LogP contribution in [0.25, 0.3) is 39.3 Å². The van der Waals surface area contributed by atoms with Crippen molar-refractivity contribution >= 4 is 27.6 Å². The number of hydrogen-bond acceptors (Lipinski definition) is 6. The van der Waals surface area contributed by atoms with Crippen LogP contribution in [0.4, 0.5) is 5.69 Å². The molecule has 186 valence electrons. The third-order valence-corrected chi connectivity index (χ3v) is 6.75. The zero-order valence-electron chi connectivity index (χ0n) is 21.1. The molecule has 0 unspecified atom stereocenters. The number of para-hydroxylation sites is 1. The van der Waals surface area contributed by atoms with E-state index in [0.717, 1.165) is 51.3 Å². The summed E-state index contributed by atoms with van der Waals surface area (Å²) < 4.78 is 14.8. The summed E-state index contributed by atoms with van der Waals surface area (Å²) in [6.07, 6.45) is 5.94. The Labute approximate surface area is 219 Å². The molecule has 7 nitrogen and oxygen atoms in total. The van der Waals surface area contributed by atoms with Crippen molar-refractivity contribution in [2.45, 2.75) is 6.92 Å². The van der Waals surface area contributed by atoms with Crippen LogP contribution in [0.15, 0.2) is 108 Å². The monoisotopic (exact) mass is 499 g/mol. The predicted octanol–water partition coefficient (Wildman–Crippen LogP) is 7.11. The Balaban J connectivity index is 1.23. The zero-order chi connectivity index (χ0) is 25.6. The molecule has 3 aromatic heterocycles. The molecule has 0 amide bonds. The van der Waals surface area contributed by atoms with E-state index in [-0.39, 0.29) is 0 Å². The van der Waals surface area contributed by atoms with Crippen molar-refractivity contribution < 1.29 is 9.15 Å². The molecule has 0 radical (unpaired) electrons. The summed E-state index contributed by atoms with van der Waals surface area (Å²) in [5.74, 6) is 2.70. The molecule has 38 heavy (non-hydrogen) atoms. The molecular formula is C31H25N5O2. The quantitative estimate of drug-likeness (QED) is 0.252. The summed E-state index contributed by atoms with van der Waals surface area (Å²) in [6.45, 7) is 2.78. The molecule has 7 rings (SSSR count). The molecule has 0 saturated heterocycles. The van der Waals surface area contributed by atoms with Crippen molar-refractivity contribution in [1.82, 2.24) is 19.4 Å². The number of hydrogen-bond donors (Lipinski definition) is 0. The summed E-state index contributed by atoms with van der Waals surface area (Å²) in [5.41, 5.74) is 5.67. The highest BCUT2D eigenvalue weighted by molar-refractivity contribution is 6.06. The fraction of sp³-hybridized carbons (Fsp3) is 0.0968. The third-order valence-electron chi connectivity index (χ3n) is 6.75. The summed E-state index contributed by atoms with van der Waals surface area (Å²) in [6, 6.07) is 28.1. The van der Waals surface area contributed by atoms with Crippen LogP contribution in [-0.4, -0.2) is 33.2 Å². The Morgan fingerprint density at radius 1 is 0.842 bits per heavy atom. The van der Waals surface area contributed by atoms with Gasteiger partial charge in [-0.3, -0.25) is 9.55 Å². The molecule has 0 aliphatic carbocycles. The van der Waals surface area contributed by atoms with E-state index in [1.54, 1.807) is 0 Å². The minimum absolute atomic E-state index is 0.539. The molecule has 0 spiro atoms. The number of aromatic nitrogens is 3. The Hall–Kier alpha value is -5.04. The van der Waals surface area contributed by atoms with Crippen molar-refractivity contribution in [2.75, 3.05) is 18.6 Å². The SMILES string of the molecule is Cc1nc(-c2cccc(Oc3cccc(N4C=CN(C)C4)c3)c2)oc1-n1c2ccccc2c2ncccc21. The number of anilines is 1. The Morgan fingerprint density at radius 3 is 2.53 bits per heavy atom. The third kappa shape index (κ3) is 3.76. The lowest BCUT2D eigenvalue weighted by molar-refractivity contribution is 0.480. The molecule has 1 aliphatic heterocycles. The van der Waals surface area contributed by atoms with Crippen molar-refractivity contribution in [3.8, 4) is 28.8 Å². The van der Waals surface area contributed by atoms with Crippen molar-refractivity contribution in [3.63, 3.8) is 0 Å². The lowest BCUT2D eigenvalue weighted by Crippen LogP contribution is -2.21. The van der Waals surface area contributed by atoms with Gasteiger partial charge in [0.1, 0.15) is 17.2 Å². The summed E-state index contributed by atoms with van der Waals surface area (Å²) >= 11 is 0. The van der Waals surface area contributed by atoms with Gasteiger partial charge in [-0.15, -0.1) is 0 Å². The van der Waals surface area contributed by atoms with Crippen LogP contribution in [0, 0.1) is 6.92 Å². The van der Waals surface area contributed by atoms with Crippen LogP contribution >= 0.6 is 0 Å². The Bertz CT molecular complexity index is 1780. The van der Waals surface area contributed by atoms with Crippen LogP contribution in [0.2, 0.25) is 0 Å². The van der Waals surface area contributed by atoms with Gasteiger partial charge < -0.3 is 19.0 Å². The standard InChI is InChI=1S/C31H25N5O2/c1-21-31(36-27-13-4-3-12-26(27)29-28(36)14-7-15-32-29)38-30(33-21)22-8-5-10-24(18-22)37-25-11-6-9-23(19-25)35-17-16-34(2)20-35/h3-19H,20H2,1-2H3. The summed E-state index contributed by atoms with van der Waals surface area (Å²) in [5, 5.41) is 1.08. The molecular weight excluding hydrogens is 474 g/mol. The first-order valence-electron chi connectivity index (χ1n) is 12.5. The van der Waals surface area contributed by atoms with Gasteiger partial charge in [0.15, 0.2) is 0 Å². The number of benzene rings is 3. The number of fused-ring (bicyclic) bond motifs is 3. The second-order valence-electron chi connectivity index (χ2n) is 9.43. The van der Waals surface area contributed by atoms with Gasteiger partial charge in [0.2, 0.25) is 11.8 Å². The average Bonchev–Trinajstić information content (AvgIpc) is 3.64. The lowest BCUT2D eigenvalue weighted by Gasteiger charge is -2.19. The normalized spacial score (nSPS) is 13.2. The van der Waals surface area contributed by atoms with Crippen molar-refractivity contribution in [2.24, 2.45) is 0 Å². The van der Waals surface area contributed by atoms with E-state index < -0.39 is 0 Å². The summed E-state index contributed by atoms with van der Waals surface area (Å²) in [7, 11) is 2.05. The zero-order valence-corrected chi connectivity index (χ0v) is 21.1. The van der Waals surface area contributed by atoms with Gasteiger partial charge in [0.25, 0.3) is 0 Å². The van der Waals surface area contributed by atoms with Gasteiger partial charge in [-0.05, 0) is 55.5 Å². The average molecular weight is 500 g/mol.